The number of esters is 2. The molecule has 0 aromatic heterocycles. The zero-order valence-electron chi connectivity index (χ0n) is 9.23. The zero-order chi connectivity index (χ0) is 12.3. The highest BCUT2D eigenvalue weighted by molar-refractivity contribution is 14.1. The van der Waals surface area contributed by atoms with Crippen molar-refractivity contribution in [2.75, 3.05) is 18.6 Å². The first-order valence-corrected chi connectivity index (χ1v) is 6.45. The van der Waals surface area contributed by atoms with E-state index in [1.54, 1.807) is 0 Å². The summed E-state index contributed by atoms with van der Waals surface area (Å²) in [5.74, 6) is -1.31. The van der Waals surface area contributed by atoms with Crippen LogP contribution in [0.4, 0.5) is 0 Å². The summed E-state index contributed by atoms with van der Waals surface area (Å²) in [6, 6.07) is 0. The van der Waals surface area contributed by atoms with Crippen molar-refractivity contribution in [3.63, 3.8) is 0 Å². The molecule has 0 radical (unpaired) electrons. The topological polar surface area (TPSA) is 72.8 Å². The highest BCUT2D eigenvalue weighted by Gasteiger charge is 2.56. The maximum Gasteiger partial charge on any atom is 0.323 e. The standard InChI is InChI=1S/C10H15IO5/c1-15-8(13)10(9(14)16-2)3-6(5-11)7(12)4-10/h6-7,12H,3-5H2,1-2H3/t6-,7-/m0/s1. The van der Waals surface area contributed by atoms with Crippen LogP contribution in [0.3, 0.4) is 0 Å². The SMILES string of the molecule is COC(=O)C1(C(=O)OC)C[C@@H](CI)[C@@H](O)C1. The van der Waals surface area contributed by atoms with E-state index in [4.69, 9.17) is 0 Å². The van der Waals surface area contributed by atoms with Gasteiger partial charge in [-0.3, -0.25) is 9.59 Å². The van der Waals surface area contributed by atoms with Gasteiger partial charge in [0, 0.05) is 10.8 Å². The highest BCUT2D eigenvalue weighted by Crippen LogP contribution is 2.44. The van der Waals surface area contributed by atoms with E-state index in [9.17, 15) is 14.7 Å². The molecule has 1 aliphatic carbocycles. The molecule has 1 N–H and O–H groups in total. The quantitative estimate of drug-likeness (QED) is 0.351. The number of aliphatic hydroxyl groups excluding tert-OH is 1. The molecule has 1 fully saturated rings. The molecule has 0 amide bonds. The number of alkyl halides is 1. The third-order valence-corrected chi connectivity index (χ3v) is 4.19. The van der Waals surface area contributed by atoms with Crippen LogP contribution in [0, 0.1) is 11.3 Å². The minimum atomic E-state index is -1.32. The molecule has 0 unspecified atom stereocenters. The smallest absolute Gasteiger partial charge is 0.323 e. The Morgan fingerprint density at radius 2 is 1.81 bits per heavy atom. The monoisotopic (exact) mass is 342 g/mol. The molecular formula is C10H15IO5. The molecule has 0 spiro atoms. The van der Waals surface area contributed by atoms with Gasteiger partial charge in [0.05, 0.1) is 20.3 Å². The molecule has 0 aromatic rings. The van der Waals surface area contributed by atoms with Crippen LogP contribution in [0.15, 0.2) is 0 Å². The summed E-state index contributed by atoms with van der Waals surface area (Å²) in [7, 11) is 2.47. The Bertz CT molecular complexity index is 275. The summed E-state index contributed by atoms with van der Waals surface area (Å²) < 4.78 is 9.99. The molecule has 1 saturated carbocycles. The van der Waals surface area contributed by atoms with Gasteiger partial charge in [-0.15, -0.1) is 0 Å². The molecule has 1 aliphatic rings. The summed E-state index contributed by atoms with van der Waals surface area (Å²) in [6.45, 7) is 0. The Morgan fingerprint density at radius 3 is 2.12 bits per heavy atom. The number of hydrogen-bond acceptors (Lipinski definition) is 5. The Kier molecular flexibility index (Phi) is 4.54. The van der Waals surface area contributed by atoms with Gasteiger partial charge in [0.1, 0.15) is 0 Å². The van der Waals surface area contributed by atoms with Crippen LogP contribution in [-0.2, 0) is 19.1 Å². The predicted octanol–water partition coefficient (Wildman–Crippen LogP) is 0.525. The lowest BCUT2D eigenvalue weighted by Crippen LogP contribution is -2.39. The Hall–Kier alpha value is -0.370. The Morgan fingerprint density at radius 1 is 1.31 bits per heavy atom. The van der Waals surface area contributed by atoms with E-state index in [1.165, 1.54) is 14.2 Å². The van der Waals surface area contributed by atoms with Crippen molar-refractivity contribution in [2.45, 2.75) is 18.9 Å². The molecule has 0 aliphatic heterocycles. The van der Waals surface area contributed by atoms with Gasteiger partial charge < -0.3 is 14.6 Å². The molecule has 0 bridgehead atoms. The fourth-order valence-corrected chi connectivity index (χ4v) is 3.05. The first-order chi connectivity index (χ1) is 7.51. The number of carbonyl (C=O) groups excluding carboxylic acids is 2. The van der Waals surface area contributed by atoms with E-state index in [-0.39, 0.29) is 18.8 Å². The van der Waals surface area contributed by atoms with Crippen LogP contribution in [-0.4, -0.2) is 41.8 Å². The van der Waals surface area contributed by atoms with Crippen LogP contribution < -0.4 is 0 Å². The number of halogens is 1. The lowest BCUT2D eigenvalue weighted by atomic mass is 9.85. The van der Waals surface area contributed by atoms with Crippen LogP contribution in [0.2, 0.25) is 0 Å². The fraction of sp³-hybridized carbons (Fsp3) is 0.800. The molecule has 1 rings (SSSR count). The second kappa shape index (κ2) is 5.31. The van der Waals surface area contributed by atoms with Crippen molar-refractivity contribution in [1.29, 1.82) is 0 Å². The number of ether oxygens (including phenoxy) is 2. The van der Waals surface area contributed by atoms with E-state index in [0.29, 0.717) is 4.43 Å². The van der Waals surface area contributed by atoms with Crippen LogP contribution in [0.1, 0.15) is 12.8 Å². The fourth-order valence-electron chi connectivity index (χ4n) is 2.16. The molecule has 2 atom stereocenters. The second-order valence-corrected chi connectivity index (χ2v) is 4.84. The summed E-state index contributed by atoms with van der Waals surface area (Å²) in [6.07, 6.45) is -0.286. The van der Waals surface area contributed by atoms with Gasteiger partial charge in [0.2, 0.25) is 0 Å². The average molecular weight is 342 g/mol. The van der Waals surface area contributed by atoms with E-state index in [2.05, 4.69) is 32.1 Å². The van der Waals surface area contributed by atoms with E-state index in [1.807, 2.05) is 0 Å². The molecule has 16 heavy (non-hydrogen) atoms. The number of carbonyl (C=O) groups is 2. The van der Waals surface area contributed by atoms with Gasteiger partial charge in [0.25, 0.3) is 0 Å². The summed E-state index contributed by atoms with van der Waals surface area (Å²) >= 11 is 2.13. The van der Waals surface area contributed by atoms with Gasteiger partial charge in [-0.25, -0.2) is 0 Å². The van der Waals surface area contributed by atoms with Crippen molar-refractivity contribution in [3.8, 4) is 0 Å². The largest absolute Gasteiger partial charge is 0.468 e. The lowest BCUT2D eigenvalue weighted by molar-refractivity contribution is -0.169. The zero-order valence-corrected chi connectivity index (χ0v) is 11.4. The van der Waals surface area contributed by atoms with Gasteiger partial charge in [-0.05, 0) is 12.3 Å². The summed E-state index contributed by atoms with van der Waals surface area (Å²) in [5, 5.41) is 9.79. The number of methoxy groups -OCH3 is 2. The van der Waals surface area contributed by atoms with Crippen molar-refractivity contribution in [3.05, 3.63) is 0 Å². The maximum absolute atomic E-state index is 11.7. The molecular weight excluding hydrogens is 327 g/mol. The van der Waals surface area contributed by atoms with Crippen molar-refractivity contribution >= 4 is 34.5 Å². The van der Waals surface area contributed by atoms with Gasteiger partial charge in [-0.1, -0.05) is 22.6 Å². The molecule has 5 nitrogen and oxygen atoms in total. The summed E-state index contributed by atoms with van der Waals surface area (Å²) in [5.41, 5.74) is -1.32. The number of hydrogen-bond donors (Lipinski definition) is 1. The number of aliphatic hydroxyl groups is 1. The van der Waals surface area contributed by atoms with Crippen LogP contribution in [0.5, 0.6) is 0 Å². The van der Waals surface area contributed by atoms with Gasteiger partial charge >= 0.3 is 11.9 Å². The molecule has 0 heterocycles. The molecule has 0 aromatic carbocycles. The average Bonchev–Trinajstić information content (AvgIpc) is 2.65. The second-order valence-electron chi connectivity index (χ2n) is 3.96. The highest BCUT2D eigenvalue weighted by atomic mass is 127. The maximum atomic E-state index is 11.7. The normalized spacial score (nSPS) is 27.5. The van der Waals surface area contributed by atoms with Gasteiger partial charge in [0.15, 0.2) is 5.41 Å². The third-order valence-electron chi connectivity index (χ3n) is 3.06. The first kappa shape index (κ1) is 13.7. The third kappa shape index (κ3) is 2.17. The van der Waals surface area contributed by atoms with Gasteiger partial charge in [-0.2, -0.15) is 0 Å². The summed E-state index contributed by atoms with van der Waals surface area (Å²) in [4.78, 5) is 23.4. The molecule has 0 saturated heterocycles. The van der Waals surface area contributed by atoms with E-state index in [0.717, 1.165) is 0 Å². The number of rotatable bonds is 3. The molecule has 92 valence electrons. The predicted molar refractivity (Wildman–Crippen MR) is 64.1 cm³/mol. The minimum absolute atomic E-state index is 0.0706. The Labute approximate surface area is 108 Å². The molecule has 6 heteroatoms. The lowest BCUT2D eigenvalue weighted by Gasteiger charge is -2.22. The first-order valence-electron chi connectivity index (χ1n) is 4.92. The minimum Gasteiger partial charge on any atom is -0.468 e. The van der Waals surface area contributed by atoms with E-state index < -0.39 is 23.5 Å². The van der Waals surface area contributed by atoms with Crippen molar-refractivity contribution in [1.82, 2.24) is 0 Å². The van der Waals surface area contributed by atoms with E-state index >= 15 is 0 Å². The van der Waals surface area contributed by atoms with Crippen LogP contribution >= 0.6 is 22.6 Å². The van der Waals surface area contributed by atoms with Crippen molar-refractivity contribution in [2.24, 2.45) is 11.3 Å². The van der Waals surface area contributed by atoms with Crippen LogP contribution in [0.25, 0.3) is 0 Å². The van der Waals surface area contributed by atoms with Crippen molar-refractivity contribution < 1.29 is 24.2 Å². The Balaban J connectivity index is 2.99.